The summed E-state index contributed by atoms with van der Waals surface area (Å²) in [5, 5.41) is 0. The molecule has 1 atom stereocenters. The molecule has 3 heteroatoms. The molecule has 0 aliphatic rings. The number of rotatable bonds is 6. The molecule has 0 spiro atoms. The molecule has 0 aliphatic carbocycles. The number of hydrogen-bond donors (Lipinski definition) is 1. The summed E-state index contributed by atoms with van der Waals surface area (Å²) in [5.41, 5.74) is 8.33. The molecule has 0 amide bonds. The van der Waals surface area contributed by atoms with Crippen LogP contribution in [0.15, 0.2) is 48.5 Å². The van der Waals surface area contributed by atoms with Gasteiger partial charge in [0, 0.05) is 0 Å². The number of benzene rings is 2. The van der Waals surface area contributed by atoms with Gasteiger partial charge in [0.15, 0.2) is 11.6 Å². The first-order valence-corrected chi connectivity index (χ1v) is 6.85. The van der Waals surface area contributed by atoms with Gasteiger partial charge in [-0.1, -0.05) is 36.4 Å². The van der Waals surface area contributed by atoms with Crippen molar-refractivity contribution < 1.29 is 9.13 Å². The minimum atomic E-state index is -0.326. The Hall–Kier alpha value is -1.87. The summed E-state index contributed by atoms with van der Waals surface area (Å²) in [6, 6.07) is 14.7. The third kappa shape index (κ3) is 3.58. The molecule has 2 nitrogen and oxygen atoms in total. The van der Waals surface area contributed by atoms with Gasteiger partial charge >= 0.3 is 0 Å². The lowest BCUT2D eigenvalue weighted by Gasteiger charge is -2.18. The average molecular weight is 273 g/mol. The molecule has 0 heterocycles. The largest absolute Gasteiger partial charge is 0.490 e. The Balaban J connectivity index is 1.95. The summed E-state index contributed by atoms with van der Waals surface area (Å²) in [4.78, 5) is 0. The first-order valence-electron chi connectivity index (χ1n) is 6.85. The quantitative estimate of drug-likeness (QED) is 0.872. The fraction of sp³-hybridized carbons (Fsp3) is 0.294. The lowest BCUT2D eigenvalue weighted by molar-refractivity contribution is 0.284. The van der Waals surface area contributed by atoms with Crippen LogP contribution in [0.5, 0.6) is 5.75 Å². The third-order valence-electron chi connectivity index (χ3n) is 3.47. The van der Waals surface area contributed by atoms with E-state index in [0.717, 1.165) is 6.42 Å². The molecule has 106 valence electrons. The van der Waals surface area contributed by atoms with Crippen LogP contribution >= 0.6 is 0 Å². The third-order valence-corrected chi connectivity index (χ3v) is 3.47. The van der Waals surface area contributed by atoms with Crippen molar-refractivity contribution in [3.05, 3.63) is 65.5 Å². The highest BCUT2D eigenvalue weighted by Crippen LogP contribution is 2.23. The van der Waals surface area contributed by atoms with Gasteiger partial charge < -0.3 is 10.5 Å². The van der Waals surface area contributed by atoms with Crippen LogP contribution in [-0.2, 0) is 0 Å². The molecule has 20 heavy (non-hydrogen) atoms. The number of halogens is 1. The molecule has 0 aliphatic heterocycles. The summed E-state index contributed by atoms with van der Waals surface area (Å²) in [6.07, 6.45) is 0.773. The van der Waals surface area contributed by atoms with Crippen molar-refractivity contribution in [3.8, 4) is 5.75 Å². The summed E-state index contributed by atoms with van der Waals surface area (Å²) in [6.45, 7) is 3.10. The topological polar surface area (TPSA) is 35.2 Å². The van der Waals surface area contributed by atoms with E-state index in [2.05, 4.69) is 19.1 Å². The molecule has 0 aromatic heterocycles. The van der Waals surface area contributed by atoms with Crippen molar-refractivity contribution in [1.82, 2.24) is 0 Å². The molecule has 2 N–H and O–H groups in total. The predicted octanol–water partition coefficient (Wildman–Crippen LogP) is 3.65. The first-order chi connectivity index (χ1) is 9.72. The summed E-state index contributed by atoms with van der Waals surface area (Å²) in [7, 11) is 0. The van der Waals surface area contributed by atoms with Crippen LogP contribution in [0.2, 0.25) is 0 Å². The Kier molecular flexibility index (Phi) is 5.13. The van der Waals surface area contributed by atoms with Crippen molar-refractivity contribution in [2.45, 2.75) is 19.3 Å². The molecular formula is C17H20FNO. The van der Waals surface area contributed by atoms with Crippen LogP contribution in [0.1, 0.15) is 23.5 Å². The van der Waals surface area contributed by atoms with Crippen LogP contribution in [0.3, 0.4) is 0 Å². The Morgan fingerprint density at radius 1 is 1.10 bits per heavy atom. The van der Waals surface area contributed by atoms with E-state index < -0.39 is 0 Å². The number of ether oxygens (including phenoxy) is 1. The van der Waals surface area contributed by atoms with Gasteiger partial charge in [-0.2, -0.15) is 0 Å². The summed E-state index contributed by atoms with van der Waals surface area (Å²) >= 11 is 0. The van der Waals surface area contributed by atoms with Crippen molar-refractivity contribution in [1.29, 1.82) is 0 Å². The zero-order chi connectivity index (χ0) is 14.4. The standard InChI is InChI=1S/C17H20FNO/c1-13-6-2-3-7-15(13)14(12-19)10-11-20-17-9-5-4-8-16(17)18/h2-9,14H,10-12,19H2,1H3. The molecular weight excluding hydrogens is 253 g/mol. The van der Waals surface area contributed by atoms with Crippen LogP contribution < -0.4 is 10.5 Å². The highest BCUT2D eigenvalue weighted by Gasteiger charge is 2.12. The SMILES string of the molecule is Cc1ccccc1C(CN)CCOc1ccccc1F. The molecule has 0 radical (unpaired) electrons. The van der Waals surface area contributed by atoms with Gasteiger partial charge in [0.05, 0.1) is 6.61 Å². The van der Waals surface area contributed by atoms with Gasteiger partial charge in [0.2, 0.25) is 0 Å². The lowest BCUT2D eigenvalue weighted by Crippen LogP contribution is -2.16. The first kappa shape index (κ1) is 14.5. The Labute approximate surface area is 119 Å². The van der Waals surface area contributed by atoms with E-state index in [0.29, 0.717) is 18.9 Å². The van der Waals surface area contributed by atoms with E-state index in [1.54, 1.807) is 18.2 Å². The minimum absolute atomic E-state index is 0.239. The highest BCUT2D eigenvalue weighted by atomic mass is 19.1. The van der Waals surface area contributed by atoms with Gasteiger partial charge in [0.1, 0.15) is 0 Å². The summed E-state index contributed by atoms with van der Waals surface area (Å²) < 4.78 is 18.9. The van der Waals surface area contributed by atoms with Crippen molar-refractivity contribution >= 4 is 0 Å². The monoisotopic (exact) mass is 273 g/mol. The van der Waals surface area contributed by atoms with Crippen LogP contribution in [0.4, 0.5) is 4.39 Å². The smallest absolute Gasteiger partial charge is 0.165 e. The van der Waals surface area contributed by atoms with E-state index in [1.807, 2.05) is 12.1 Å². The van der Waals surface area contributed by atoms with Gasteiger partial charge in [-0.25, -0.2) is 4.39 Å². The molecule has 0 bridgehead atoms. The molecule has 0 saturated heterocycles. The molecule has 0 saturated carbocycles. The fourth-order valence-corrected chi connectivity index (χ4v) is 2.32. The van der Waals surface area contributed by atoms with E-state index >= 15 is 0 Å². The van der Waals surface area contributed by atoms with Gasteiger partial charge in [0.25, 0.3) is 0 Å². The second-order valence-corrected chi connectivity index (χ2v) is 4.86. The second kappa shape index (κ2) is 7.06. The Morgan fingerprint density at radius 3 is 2.50 bits per heavy atom. The lowest BCUT2D eigenvalue weighted by atomic mass is 9.92. The van der Waals surface area contributed by atoms with Gasteiger partial charge in [-0.15, -0.1) is 0 Å². The number of para-hydroxylation sites is 1. The van der Waals surface area contributed by atoms with E-state index in [-0.39, 0.29) is 11.7 Å². The second-order valence-electron chi connectivity index (χ2n) is 4.86. The fourth-order valence-electron chi connectivity index (χ4n) is 2.32. The molecule has 2 rings (SSSR count). The van der Waals surface area contributed by atoms with Gasteiger partial charge in [-0.05, 0) is 49.1 Å². The zero-order valence-corrected chi connectivity index (χ0v) is 11.7. The Bertz CT molecular complexity index is 556. The highest BCUT2D eigenvalue weighted by molar-refractivity contribution is 5.29. The van der Waals surface area contributed by atoms with E-state index in [4.69, 9.17) is 10.5 Å². The number of nitrogens with two attached hydrogens (primary N) is 1. The number of aryl methyl sites for hydroxylation is 1. The number of hydrogen-bond acceptors (Lipinski definition) is 2. The van der Waals surface area contributed by atoms with Crippen molar-refractivity contribution in [2.75, 3.05) is 13.2 Å². The Morgan fingerprint density at radius 2 is 1.80 bits per heavy atom. The van der Waals surface area contributed by atoms with Crippen LogP contribution in [0, 0.1) is 12.7 Å². The molecule has 1 unspecified atom stereocenters. The van der Waals surface area contributed by atoms with Crippen molar-refractivity contribution in [2.24, 2.45) is 5.73 Å². The normalized spacial score (nSPS) is 12.2. The molecule has 2 aromatic carbocycles. The predicted molar refractivity (Wildman–Crippen MR) is 79.5 cm³/mol. The van der Waals surface area contributed by atoms with Crippen LogP contribution in [0.25, 0.3) is 0 Å². The maximum atomic E-state index is 13.4. The minimum Gasteiger partial charge on any atom is -0.490 e. The van der Waals surface area contributed by atoms with E-state index in [1.165, 1.54) is 17.2 Å². The van der Waals surface area contributed by atoms with Crippen molar-refractivity contribution in [3.63, 3.8) is 0 Å². The van der Waals surface area contributed by atoms with Gasteiger partial charge in [-0.3, -0.25) is 0 Å². The maximum absolute atomic E-state index is 13.4. The average Bonchev–Trinajstić information content (AvgIpc) is 2.46. The van der Waals surface area contributed by atoms with E-state index in [9.17, 15) is 4.39 Å². The molecule has 0 fully saturated rings. The van der Waals surface area contributed by atoms with Crippen LogP contribution in [-0.4, -0.2) is 13.2 Å². The zero-order valence-electron chi connectivity index (χ0n) is 11.7. The molecule has 2 aromatic rings. The maximum Gasteiger partial charge on any atom is 0.165 e. The summed E-state index contributed by atoms with van der Waals surface area (Å²) in [5.74, 6) is 0.212.